The summed E-state index contributed by atoms with van der Waals surface area (Å²) >= 11 is 0. The van der Waals surface area contributed by atoms with Gasteiger partial charge in [0.1, 0.15) is 6.61 Å². The molecule has 0 unspecified atom stereocenters. The summed E-state index contributed by atoms with van der Waals surface area (Å²) < 4.78 is 5.51. The lowest BCUT2D eigenvalue weighted by molar-refractivity contribution is 0.155. The molecule has 0 aliphatic rings. The predicted molar refractivity (Wildman–Crippen MR) is 181 cm³/mol. The van der Waals surface area contributed by atoms with E-state index in [9.17, 15) is 9.59 Å². The van der Waals surface area contributed by atoms with E-state index >= 15 is 0 Å². The van der Waals surface area contributed by atoms with Crippen molar-refractivity contribution in [3.05, 3.63) is 88.5 Å². The summed E-state index contributed by atoms with van der Waals surface area (Å²) in [5, 5.41) is 8.79. The number of hydrogen-bond donors (Lipinski definition) is 3. The first-order valence-corrected chi connectivity index (χ1v) is 15.0. The molecule has 3 amide bonds. The first-order chi connectivity index (χ1) is 19.6. The second-order valence-electron chi connectivity index (χ2n) is 15.6. The summed E-state index contributed by atoms with van der Waals surface area (Å²) in [4.78, 5) is 25.5. The molecule has 6 nitrogen and oxygen atoms in total. The zero-order valence-corrected chi connectivity index (χ0v) is 28.2. The zero-order chi connectivity index (χ0) is 32.4. The number of anilines is 3. The monoisotopic (exact) mass is 585 g/mol. The van der Waals surface area contributed by atoms with Gasteiger partial charge in [-0.15, -0.1) is 0 Å². The van der Waals surface area contributed by atoms with Crippen molar-refractivity contribution in [2.45, 2.75) is 111 Å². The fourth-order valence-corrected chi connectivity index (χ4v) is 4.41. The Morgan fingerprint density at radius 1 is 0.512 bits per heavy atom. The van der Waals surface area contributed by atoms with Crippen LogP contribution in [0.5, 0.6) is 0 Å². The van der Waals surface area contributed by atoms with Crippen molar-refractivity contribution in [2.24, 2.45) is 0 Å². The van der Waals surface area contributed by atoms with Crippen LogP contribution in [0.4, 0.5) is 26.7 Å². The van der Waals surface area contributed by atoms with Crippen LogP contribution < -0.4 is 16.0 Å². The van der Waals surface area contributed by atoms with Gasteiger partial charge in [-0.05, 0) is 85.9 Å². The highest BCUT2D eigenvalue weighted by Crippen LogP contribution is 2.33. The molecular weight excluding hydrogens is 534 g/mol. The number of benzene rings is 3. The lowest BCUT2D eigenvalue weighted by Gasteiger charge is -2.26. The first-order valence-electron chi connectivity index (χ1n) is 15.0. The Hall–Kier alpha value is -3.80. The molecule has 6 heteroatoms. The molecule has 3 N–H and O–H groups in total. The van der Waals surface area contributed by atoms with E-state index in [2.05, 4.69) is 111 Å². The average molecular weight is 586 g/mol. The third kappa shape index (κ3) is 9.87. The molecule has 0 aromatic heterocycles. The lowest BCUT2D eigenvalue weighted by atomic mass is 9.80. The number of amides is 3. The minimum Gasteiger partial charge on any atom is -0.444 e. The van der Waals surface area contributed by atoms with Gasteiger partial charge in [0, 0.05) is 17.1 Å². The lowest BCUT2D eigenvalue weighted by Crippen LogP contribution is -2.22. The van der Waals surface area contributed by atoms with Crippen LogP contribution in [-0.2, 0) is 33.0 Å². The van der Waals surface area contributed by atoms with Crippen molar-refractivity contribution < 1.29 is 14.3 Å². The molecule has 3 rings (SSSR count). The van der Waals surface area contributed by atoms with Gasteiger partial charge in [-0.2, -0.15) is 0 Å². The van der Waals surface area contributed by atoms with Gasteiger partial charge in [-0.3, -0.25) is 5.32 Å². The summed E-state index contributed by atoms with van der Waals surface area (Å²) in [5.41, 5.74) is 7.36. The van der Waals surface area contributed by atoms with E-state index in [1.807, 2.05) is 36.4 Å². The number of rotatable bonds is 5. The van der Waals surface area contributed by atoms with Crippen LogP contribution in [0, 0.1) is 0 Å². The Kier molecular flexibility index (Phi) is 9.75. The molecule has 0 atom stereocenters. The molecule has 0 heterocycles. The SMILES string of the molecule is CC(C)(C)c1cc(NC(=O)Nc2ccc(COC(=O)Nc3cc(C(C)(C)C)cc(C(C)(C)C)c3)cc2)cc(C(C)(C)C)c1. The van der Waals surface area contributed by atoms with Crippen LogP contribution in [0.2, 0.25) is 0 Å². The maximum atomic E-state index is 12.8. The van der Waals surface area contributed by atoms with Crippen molar-refractivity contribution in [1.82, 2.24) is 0 Å². The van der Waals surface area contributed by atoms with Crippen LogP contribution in [0.3, 0.4) is 0 Å². The standard InChI is InChI=1S/C37H51N3O3/c1-34(2,3)25-17-26(35(4,5)6)20-30(19-25)39-32(41)38-29-15-13-24(14-16-29)23-43-33(42)40-31-21-27(36(7,8)9)18-28(22-31)37(10,11)12/h13-22H,23H2,1-12H3,(H,40,42)(H2,38,39,41). The Balaban J connectivity index is 1.62. The van der Waals surface area contributed by atoms with Crippen molar-refractivity contribution >= 4 is 29.2 Å². The molecule has 0 saturated carbocycles. The molecule has 0 aliphatic carbocycles. The smallest absolute Gasteiger partial charge is 0.411 e. The topological polar surface area (TPSA) is 79.5 Å². The van der Waals surface area contributed by atoms with E-state index in [0.29, 0.717) is 5.69 Å². The van der Waals surface area contributed by atoms with E-state index in [4.69, 9.17) is 4.74 Å². The van der Waals surface area contributed by atoms with Crippen LogP contribution in [0.15, 0.2) is 60.7 Å². The third-order valence-electron chi connectivity index (χ3n) is 7.42. The average Bonchev–Trinajstić information content (AvgIpc) is 2.86. The molecular formula is C37H51N3O3. The Bertz CT molecular complexity index is 1380. The summed E-state index contributed by atoms with van der Waals surface area (Å²) in [6.45, 7) is 26.1. The number of ether oxygens (including phenoxy) is 1. The predicted octanol–water partition coefficient (Wildman–Crippen LogP) is 10.3. The van der Waals surface area contributed by atoms with E-state index in [-0.39, 0.29) is 34.3 Å². The summed E-state index contributed by atoms with van der Waals surface area (Å²) in [7, 11) is 0. The summed E-state index contributed by atoms with van der Waals surface area (Å²) in [5.74, 6) is 0. The van der Waals surface area contributed by atoms with Crippen LogP contribution in [-0.4, -0.2) is 12.1 Å². The number of carbonyl (C=O) groups is 2. The van der Waals surface area contributed by atoms with Crippen molar-refractivity contribution in [1.29, 1.82) is 0 Å². The van der Waals surface area contributed by atoms with Crippen molar-refractivity contribution in [3.63, 3.8) is 0 Å². The number of carbonyl (C=O) groups excluding carboxylic acids is 2. The summed E-state index contributed by atoms with van der Waals surface area (Å²) in [6.07, 6.45) is -0.514. The fraction of sp³-hybridized carbons (Fsp3) is 0.459. The van der Waals surface area contributed by atoms with Gasteiger partial charge in [0.25, 0.3) is 0 Å². The van der Waals surface area contributed by atoms with Gasteiger partial charge >= 0.3 is 12.1 Å². The second kappa shape index (κ2) is 12.4. The van der Waals surface area contributed by atoms with E-state index in [1.165, 1.54) is 11.1 Å². The third-order valence-corrected chi connectivity index (χ3v) is 7.42. The number of hydrogen-bond acceptors (Lipinski definition) is 3. The van der Waals surface area contributed by atoms with E-state index in [1.54, 1.807) is 12.1 Å². The number of urea groups is 1. The summed E-state index contributed by atoms with van der Waals surface area (Å²) in [6, 6.07) is 19.4. The zero-order valence-electron chi connectivity index (χ0n) is 28.2. The second-order valence-corrected chi connectivity index (χ2v) is 15.6. The largest absolute Gasteiger partial charge is 0.444 e. The van der Waals surface area contributed by atoms with Crippen LogP contribution in [0.25, 0.3) is 0 Å². The van der Waals surface area contributed by atoms with Crippen molar-refractivity contribution in [3.8, 4) is 0 Å². The molecule has 0 aliphatic heterocycles. The Labute approximate surface area is 259 Å². The van der Waals surface area contributed by atoms with Crippen LogP contribution in [0.1, 0.15) is 111 Å². The highest BCUT2D eigenvalue weighted by molar-refractivity contribution is 5.99. The van der Waals surface area contributed by atoms with Gasteiger partial charge < -0.3 is 15.4 Å². The minimum atomic E-state index is -0.514. The molecule has 3 aromatic rings. The van der Waals surface area contributed by atoms with Gasteiger partial charge in [0.15, 0.2) is 0 Å². The molecule has 232 valence electrons. The molecule has 0 fully saturated rings. The number of nitrogens with one attached hydrogen (secondary N) is 3. The van der Waals surface area contributed by atoms with Gasteiger partial charge in [-0.25, -0.2) is 9.59 Å². The van der Waals surface area contributed by atoms with Crippen LogP contribution >= 0.6 is 0 Å². The molecule has 43 heavy (non-hydrogen) atoms. The minimum absolute atomic E-state index is 0.0468. The molecule has 0 saturated heterocycles. The van der Waals surface area contributed by atoms with Gasteiger partial charge in [0.05, 0.1) is 0 Å². The molecule has 0 radical (unpaired) electrons. The Morgan fingerprint density at radius 2 is 0.860 bits per heavy atom. The maximum Gasteiger partial charge on any atom is 0.411 e. The molecule has 0 spiro atoms. The molecule has 3 aromatic carbocycles. The normalized spacial score (nSPS) is 12.5. The Morgan fingerprint density at radius 3 is 1.23 bits per heavy atom. The van der Waals surface area contributed by atoms with Crippen molar-refractivity contribution in [2.75, 3.05) is 16.0 Å². The van der Waals surface area contributed by atoms with E-state index < -0.39 is 6.09 Å². The van der Waals surface area contributed by atoms with E-state index in [0.717, 1.165) is 28.1 Å². The maximum absolute atomic E-state index is 12.8. The first kappa shape index (κ1) is 33.7. The van der Waals surface area contributed by atoms with Gasteiger partial charge in [0.2, 0.25) is 0 Å². The highest BCUT2D eigenvalue weighted by Gasteiger charge is 2.22. The molecule has 0 bridgehead atoms. The van der Waals surface area contributed by atoms with Gasteiger partial charge in [-0.1, -0.05) is 107 Å². The highest BCUT2D eigenvalue weighted by atomic mass is 16.5. The quantitative estimate of drug-likeness (QED) is 0.279. The fourth-order valence-electron chi connectivity index (χ4n) is 4.41.